The van der Waals surface area contributed by atoms with E-state index in [1.807, 2.05) is 0 Å². The first kappa shape index (κ1) is 14.3. The van der Waals surface area contributed by atoms with Crippen molar-refractivity contribution in [3.05, 3.63) is 42.2 Å². The van der Waals surface area contributed by atoms with Crippen LogP contribution in [-0.4, -0.2) is 27.9 Å². The molecule has 2 rings (SSSR count). The summed E-state index contributed by atoms with van der Waals surface area (Å²) in [5.41, 5.74) is 0.448. The topological polar surface area (TPSA) is 52.0 Å². The highest BCUT2D eigenvalue weighted by atomic mass is 19.4. The molecule has 0 aliphatic heterocycles. The Kier molecular flexibility index (Phi) is 4.57. The average Bonchev–Trinajstić information content (AvgIpc) is 2.88. The lowest BCUT2D eigenvalue weighted by Crippen LogP contribution is -2.22. The SMILES string of the molecule is FC(F)(F)Oc1ccccc1CNCCn1ccnn1. The Balaban J connectivity index is 1.86. The van der Waals surface area contributed by atoms with Gasteiger partial charge in [0.05, 0.1) is 12.7 Å². The zero-order valence-electron chi connectivity index (χ0n) is 10.5. The highest BCUT2D eigenvalue weighted by Crippen LogP contribution is 2.25. The molecule has 0 aliphatic rings. The number of hydrogen-bond acceptors (Lipinski definition) is 4. The molecule has 0 radical (unpaired) electrons. The van der Waals surface area contributed by atoms with Crippen LogP contribution in [0.5, 0.6) is 5.75 Å². The Hall–Kier alpha value is -2.09. The lowest BCUT2D eigenvalue weighted by atomic mass is 10.2. The van der Waals surface area contributed by atoms with Gasteiger partial charge in [0.1, 0.15) is 5.75 Å². The van der Waals surface area contributed by atoms with Gasteiger partial charge in [0.15, 0.2) is 0 Å². The highest BCUT2D eigenvalue weighted by Gasteiger charge is 2.31. The summed E-state index contributed by atoms with van der Waals surface area (Å²) in [4.78, 5) is 0. The second-order valence-electron chi connectivity index (χ2n) is 4.00. The van der Waals surface area contributed by atoms with Gasteiger partial charge >= 0.3 is 6.36 Å². The Morgan fingerprint density at radius 2 is 2.05 bits per heavy atom. The van der Waals surface area contributed by atoms with Crippen LogP contribution < -0.4 is 10.1 Å². The van der Waals surface area contributed by atoms with Crippen molar-refractivity contribution in [1.82, 2.24) is 20.3 Å². The fourth-order valence-electron chi connectivity index (χ4n) is 1.64. The van der Waals surface area contributed by atoms with E-state index in [0.29, 0.717) is 18.7 Å². The van der Waals surface area contributed by atoms with Crippen molar-refractivity contribution in [2.24, 2.45) is 0 Å². The molecule has 108 valence electrons. The maximum absolute atomic E-state index is 12.2. The number of halogens is 3. The van der Waals surface area contributed by atoms with E-state index < -0.39 is 6.36 Å². The van der Waals surface area contributed by atoms with Crippen LogP contribution in [0.15, 0.2) is 36.7 Å². The summed E-state index contributed by atoms with van der Waals surface area (Å²) in [6.45, 7) is 1.42. The lowest BCUT2D eigenvalue weighted by Gasteiger charge is -2.13. The normalized spacial score (nSPS) is 11.6. The second kappa shape index (κ2) is 6.38. The van der Waals surface area contributed by atoms with Gasteiger partial charge in [0.2, 0.25) is 0 Å². The highest BCUT2D eigenvalue weighted by molar-refractivity contribution is 5.33. The minimum atomic E-state index is -4.68. The molecule has 5 nitrogen and oxygen atoms in total. The number of nitrogens with one attached hydrogen (secondary N) is 1. The maximum Gasteiger partial charge on any atom is 0.573 e. The number of nitrogens with zero attached hydrogens (tertiary/aromatic N) is 3. The van der Waals surface area contributed by atoms with Crippen molar-refractivity contribution in [1.29, 1.82) is 0 Å². The smallest absolute Gasteiger partial charge is 0.405 e. The van der Waals surface area contributed by atoms with Gasteiger partial charge in [-0.15, -0.1) is 18.3 Å². The minimum absolute atomic E-state index is 0.187. The van der Waals surface area contributed by atoms with Gasteiger partial charge in [-0.1, -0.05) is 23.4 Å². The van der Waals surface area contributed by atoms with Crippen molar-refractivity contribution in [3.63, 3.8) is 0 Å². The summed E-state index contributed by atoms with van der Waals surface area (Å²) in [6, 6.07) is 6.04. The van der Waals surface area contributed by atoms with Gasteiger partial charge in [-0.3, -0.25) is 4.68 Å². The summed E-state index contributed by atoms with van der Waals surface area (Å²) in [5.74, 6) is -0.187. The van der Waals surface area contributed by atoms with E-state index in [0.717, 1.165) is 0 Å². The van der Waals surface area contributed by atoms with Crippen LogP contribution in [0, 0.1) is 0 Å². The van der Waals surface area contributed by atoms with Crippen LogP contribution in [0.4, 0.5) is 13.2 Å². The summed E-state index contributed by atoms with van der Waals surface area (Å²) in [6.07, 6.45) is -1.41. The molecule has 0 bridgehead atoms. The van der Waals surface area contributed by atoms with Gasteiger partial charge in [-0.05, 0) is 6.07 Å². The fraction of sp³-hybridized carbons (Fsp3) is 0.333. The molecule has 20 heavy (non-hydrogen) atoms. The predicted octanol–water partition coefficient (Wildman–Crippen LogP) is 1.97. The number of aromatic nitrogens is 3. The molecule has 0 spiro atoms. The monoisotopic (exact) mass is 286 g/mol. The number of alkyl halides is 3. The van der Waals surface area contributed by atoms with Crippen LogP contribution in [0.1, 0.15) is 5.56 Å². The predicted molar refractivity (Wildman–Crippen MR) is 64.9 cm³/mol. The number of rotatable bonds is 6. The molecule has 1 aromatic carbocycles. The quantitative estimate of drug-likeness (QED) is 0.825. The van der Waals surface area contributed by atoms with Crippen molar-refractivity contribution >= 4 is 0 Å². The van der Waals surface area contributed by atoms with Gasteiger partial charge in [0.25, 0.3) is 0 Å². The third-order valence-corrected chi connectivity index (χ3v) is 2.50. The van der Waals surface area contributed by atoms with Gasteiger partial charge in [-0.2, -0.15) is 0 Å². The van der Waals surface area contributed by atoms with Crippen molar-refractivity contribution in [2.45, 2.75) is 19.5 Å². The standard InChI is InChI=1S/C12H13F3N4O/c13-12(14,15)20-11-4-2-1-3-10(11)9-16-5-7-19-8-6-17-18-19/h1-4,6,8,16H,5,7,9H2. The summed E-state index contributed by atoms with van der Waals surface area (Å²) < 4.78 is 42.3. The third kappa shape index (κ3) is 4.54. The fourth-order valence-corrected chi connectivity index (χ4v) is 1.64. The van der Waals surface area contributed by atoms with Gasteiger partial charge < -0.3 is 10.1 Å². The molecule has 0 saturated heterocycles. The molecule has 8 heteroatoms. The Labute approximate surface area is 113 Å². The molecule has 1 heterocycles. The van der Waals surface area contributed by atoms with Crippen molar-refractivity contribution in [2.75, 3.05) is 6.54 Å². The van der Waals surface area contributed by atoms with Crippen LogP contribution in [0.25, 0.3) is 0 Å². The molecule has 0 aliphatic carbocycles. The van der Waals surface area contributed by atoms with Crippen LogP contribution in [0.2, 0.25) is 0 Å². The minimum Gasteiger partial charge on any atom is -0.405 e. The molecule has 0 unspecified atom stereocenters. The molecule has 0 amide bonds. The second-order valence-corrected chi connectivity index (χ2v) is 4.00. The number of benzene rings is 1. The molecule has 0 saturated carbocycles. The lowest BCUT2D eigenvalue weighted by molar-refractivity contribution is -0.274. The average molecular weight is 286 g/mol. The first-order valence-electron chi connectivity index (χ1n) is 5.93. The number of hydrogen-bond donors (Lipinski definition) is 1. The Morgan fingerprint density at radius 3 is 2.75 bits per heavy atom. The van der Waals surface area contributed by atoms with E-state index in [4.69, 9.17) is 0 Å². The van der Waals surface area contributed by atoms with E-state index in [-0.39, 0.29) is 12.3 Å². The number of ether oxygens (including phenoxy) is 1. The first-order chi connectivity index (χ1) is 9.54. The Morgan fingerprint density at radius 1 is 1.25 bits per heavy atom. The molecule has 0 fully saturated rings. The number of para-hydroxylation sites is 1. The zero-order chi connectivity index (χ0) is 14.4. The summed E-state index contributed by atoms with van der Waals surface area (Å²) in [7, 11) is 0. The van der Waals surface area contributed by atoms with Gasteiger partial charge in [0, 0.05) is 24.8 Å². The van der Waals surface area contributed by atoms with E-state index in [9.17, 15) is 13.2 Å². The van der Waals surface area contributed by atoms with Crippen LogP contribution in [0.3, 0.4) is 0 Å². The molecule has 1 aromatic heterocycles. The third-order valence-electron chi connectivity index (χ3n) is 2.50. The van der Waals surface area contributed by atoms with E-state index in [1.165, 1.54) is 12.1 Å². The largest absolute Gasteiger partial charge is 0.573 e. The molecule has 0 atom stereocenters. The summed E-state index contributed by atoms with van der Waals surface area (Å²) >= 11 is 0. The molecule has 1 N–H and O–H groups in total. The molecule has 2 aromatic rings. The maximum atomic E-state index is 12.2. The van der Waals surface area contributed by atoms with E-state index >= 15 is 0 Å². The van der Waals surface area contributed by atoms with E-state index in [2.05, 4.69) is 20.4 Å². The van der Waals surface area contributed by atoms with Crippen molar-refractivity contribution in [3.8, 4) is 5.75 Å². The van der Waals surface area contributed by atoms with E-state index in [1.54, 1.807) is 29.2 Å². The van der Waals surface area contributed by atoms with Crippen LogP contribution >= 0.6 is 0 Å². The van der Waals surface area contributed by atoms with Crippen LogP contribution in [-0.2, 0) is 13.1 Å². The first-order valence-corrected chi connectivity index (χ1v) is 5.93. The van der Waals surface area contributed by atoms with Crippen molar-refractivity contribution < 1.29 is 17.9 Å². The molecular formula is C12H13F3N4O. The Bertz CT molecular complexity index is 528. The molecular weight excluding hydrogens is 273 g/mol. The summed E-state index contributed by atoms with van der Waals surface area (Å²) in [5, 5.41) is 10.5. The van der Waals surface area contributed by atoms with Gasteiger partial charge in [-0.25, -0.2) is 0 Å². The zero-order valence-corrected chi connectivity index (χ0v) is 10.5.